The zero-order valence-corrected chi connectivity index (χ0v) is 18.6. The summed E-state index contributed by atoms with van der Waals surface area (Å²) in [6, 6.07) is 13.3. The van der Waals surface area contributed by atoms with Crippen LogP contribution in [0.25, 0.3) is 0 Å². The second-order valence-corrected chi connectivity index (χ2v) is 7.95. The number of nitrogens with zero attached hydrogens (tertiary/aromatic N) is 1. The van der Waals surface area contributed by atoms with Crippen LogP contribution in [0.5, 0.6) is 0 Å². The van der Waals surface area contributed by atoms with Gasteiger partial charge in [-0.05, 0) is 24.6 Å². The van der Waals surface area contributed by atoms with Crippen LogP contribution in [-0.2, 0) is 20.9 Å². The summed E-state index contributed by atoms with van der Waals surface area (Å²) in [7, 11) is 0. The molecule has 2 atom stereocenters. The molecule has 3 rings (SSSR count). The first kappa shape index (κ1) is 24.0. The number of nitrogens with one attached hydrogen (secondary N) is 2. The molecule has 0 aliphatic carbocycles. The van der Waals surface area contributed by atoms with Gasteiger partial charge in [0.1, 0.15) is 12.4 Å². The van der Waals surface area contributed by atoms with Gasteiger partial charge in [-0.3, -0.25) is 9.69 Å². The van der Waals surface area contributed by atoms with E-state index in [4.69, 9.17) is 21.1 Å². The molecule has 172 valence electrons. The van der Waals surface area contributed by atoms with Gasteiger partial charge in [0.15, 0.2) is 0 Å². The average molecular weight is 464 g/mol. The minimum Gasteiger partial charge on any atom is -0.445 e. The predicted octanol–water partition coefficient (Wildman–Crippen LogP) is 3.28. The Morgan fingerprint density at radius 1 is 1.22 bits per heavy atom. The first-order valence-corrected chi connectivity index (χ1v) is 10.8. The largest absolute Gasteiger partial charge is 0.445 e. The molecule has 2 unspecified atom stereocenters. The standard InChI is InChI=1S/C23H27ClFN3O4/c1-16-14-28(10-11-31-16)20(22-18(24)8-5-9-19(22)25)12-26-21(29)13-27-23(30)32-15-17-6-3-2-4-7-17/h2-9,16,20H,10-15H2,1H3,(H,26,29)(H,27,30). The highest BCUT2D eigenvalue weighted by Crippen LogP contribution is 2.31. The van der Waals surface area contributed by atoms with E-state index in [-0.39, 0.29) is 25.8 Å². The summed E-state index contributed by atoms with van der Waals surface area (Å²) in [5.74, 6) is -0.848. The van der Waals surface area contributed by atoms with Crippen molar-refractivity contribution in [2.75, 3.05) is 32.8 Å². The van der Waals surface area contributed by atoms with Crippen molar-refractivity contribution < 1.29 is 23.5 Å². The maximum atomic E-state index is 14.6. The van der Waals surface area contributed by atoms with Gasteiger partial charge < -0.3 is 20.1 Å². The molecule has 2 amide bonds. The van der Waals surface area contributed by atoms with E-state index in [1.165, 1.54) is 6.07 Å². The number of morpholine rings is 1. The van der Waals surface area contributed by atoms with Gasteiger partial charge >= 0.3 is 6.09 Å². The fourth-order valence-electron chi connectivity index (χ4n) is 3.57. The Morgan fingerprint density at radius 3 is 2.72 bits per heavy atom. The Balaban J connectivity index is 1.54. The molecule has 0 aromatic heterocycles. The zero-order valence-electron chi connectivity index (χ0n) is 17.9. The van der Waals surface area contributed by atoms with Crippen molar-refractivity contribution in [3.63, 3.8) is 0 Å². The van der Waals surface area contributed by atoms with E-state index in [9.17, 15) is 14.0 Å². The SMILES string of the molecule is CC1CN(C(CNC(=O)CNC(=O)OCc2ccccc2)c2c(F)cccc2Cl)CCO1. The van der Waals surface area contributed by atoms with E-state index in [2.05, 4.69) is 10.6 Å². The minimum atomic E-state index is -0.695. The van der Waals surface area contributed by atoms with Crippen LogP contribution in [0.2, 0.25) is 5.02 Å². The molecule has 0 bridgehead atoms. The Hall–Kier alpha value is -2.68. The first-order chi connectivity index (χ1) is 15.4. The second-order valence-electron chi connectivity index (χ2n) is 7.55. The molecular formula is C23H27ClFN3O4. The Morgan fingerprint density at radius 2 is 2.00 bits per heavy atom. The summed E-state index contributed by atoms with van der Waals surface area (Å²) in [5.41, 5.74) is 1.18. The average Bonchev–Trinajstić information content (AvgIpc) is 2.79. The fraction of sp³-hybridized carbons (Fsp3) is 0.391. The Labute approximate surface area is 191 Å². The van der Waals surface area contributed by atoms with Gasteiger partial charge in [-0.1, -0.05) is 48.0 Å². The molecule has 1 heterocycles. The number of benzene rings is 2. The summed E-state index contributed by atoms with van der Waals surface area (Å²) in [6.45, 7) is 3.59. The number of rotatable bonds is 8. The number of alkyl carbamates (subject to hydrolysis) is 1. The molecule has 32 heavy (non-hydrogen) atoms. The highest BCUT2D eigenvalue weighted by molar-refractivity contribution is 6.31. The summed E-state index contributed by atoms with van der Waals surface area (Å²) in [4.78, 5) is 26.2. The minimum absolute atomic E-state index is 0.0199. The normalized spacial score (nSPS) is 17.4. The van der Waals surface area contributed by atoms with Crippen LogP contribution < -0.4 is 10.6 Å². The fourth-order valence-corrected chi connectivity index (χ4v) is 3.86. The van der Waals surface area contributed by atoms with Crippen LogP contribution in [0.1, 0.15) is 24.1 Å². The number of ether oxygens (including phenoxy) is 2. The molecular weight excluding hydrogens is 437 g/mol. The number of amides is 2. The summed E-state index contributed by atoms with van der Waals surface area (Å²) >= 11 is 6.30. The van der Waals surface area contributed by atoms with Gasteiger partial charge in [-0.25, -0.2) is 9.18 Å². The number of carbonyl (C=O) groups is 2. The number of halogens is 2. The van der Waals surface area contributed by atoms with E-state index in [0.717, 1.165) is 5.56 Å². The van der Waals surface area contributed by atoms with Gasteiger partial charge in [0.25, 0.3) is 0 Å². The van der Waals surface area contributed by atoms with E-state index in [0.29, 0.717) is 30.3 Å². The molecule has 2 aromatic rings. The molecule has 0 spiro atoms. The van der Waals surface area contributed by atoms with Crippen LogP contribution in [-0.4, -0.2) is 55.8 Å². The molecule has 1 saturated heterocycles. The molecule has 1 aliphatic heterocycles. The van der Waals surface area contributed by atoms with Crippen molar-refractivity contribution in [2.45, 2.75) is 25.7 Å². The van der Waals surface area contributed by atoms with E-state index in [1.807, 2.05) is 42.2 Å². The van der Waals surface area contributed by atoms with Gasteiger partial charge in [-0.15, -0.1) is 0 Å². The Bertz CT molecular complexity index is 895. The van der Waals surface area contributed by atoms with Gasteiger partial charge in [0.05, 0.1) is 25.3 Å². The monoisotopic (exact) mass is 463 g/mol. The third-order valence-corrected chi connectivity index (χ3v) is 5.47. The van der Waals surface area contributed by atoms with Crippen molar-refractivity contribution >= 4 is 23.6 Å². The van der Waals surface area contributed by atoms with Crippen molar-refractivity contribution in [3.05, 3.63) is 70.5 Å². The quantitative estimate of drug-likeness (QED) is 0.628. The zero-order chi connectivity index (χ0) is 22.9. The van der Waals surface area contributed by atoms with Crippen LogP contribution in [0.3, 0.4) is 0 Å². The van der Waals surface area contributed by atoms with Crippen LogP contribution in [0, 0.1) is 5.82 Å². The lowest BCUT2D eigenvalue weighted by Gasteiger charge is -2.38. The lowest BCUT2D eigenvalue weighted by atomic mass is 10.0. The lowest BCUT2D eigenvalue weighted by Crippen LogP contribution is -2.48. The Kier molecular flexibility index (Phi) is 8.84. The van der Waals surface area contributed by atoms with E-state index < -0.39 is 23.9 Å². The maximum Gasteiger partial charge on any atom is 0.407 e. The predicted molar refractivity (Wildman–Crippen MR) is 119 cm³/mol. The first-order valence-electron chi connectivity index (χ1n) is 10.4. The summed E-state index contributed by atoms with van der Waals surface area (Å²) in [6.07, 6.45) is -0.715. The smallest absolute Gasteiger partial charge is 0.407 e. The topological polar surface area (TPSA) is 79.9 Å². The highest BCUT2D eigenvalue weighted by Gasteiger charge is 2.29. The third kappa shape index (κ3) is 6.91. The number of carbonyl (C=O) groups excluding carboxylic acids is 2. The van der Waals surface area contributed by atoms with Crippen molar-refractivity contribution in [3.8, 4) is 0 Å². The molecule has 2 aromatic carbocycles. The van der Waals surface area contributed by atoms with Gasteiger partial charge in [0.2, 0.25) is 5.91 Å². The van der Waals surface area contributed by atoms with E-state index in [1.54, 1.807) is 12.1 Å². The number of hydrogen-bond acceptors (Lipinski definition) is 5. The van der Waals surface area contributed by atoms with Crippen molar-refractivity contribution in [1.82, 2.24) is 15.5 Å². The molecule has 1 aliphatic rings. The number of hydrogen-bond donors (Lipinski definition) is 2. The second kappa shape index (κ2) is 11.8. The molecule has 9 heteroatoms. The molecule has 1 fully saturated rings. The van der Waals surface area contributed by atoms with Crippen molar-refractivity contribution in [1.29, 1.82) is 0 Å². The summed E-state index contributed by atoms with van der Waals surface area (Å²) < 4.78 is 25.3. The van der Waals surface area contributed by atoms with Gasteiger partial charge in [-0.2, -0.15) is 0 Å². The van der Waals surface area contributed by atoms with Crippen LogP contribution >= 0.6 is 11.6 Å². The van der Waals surface area contributed by atoms with Crippen molar-refractivity contribution in [2.24, 2.45) is 0 Å². The van der Waals surface area contributed by atoms with Crippen LogP contribution in [0.4, 0.5) is 9.18 Å². The molecule has 0 radical (unpaired) electrons. The third-order valence-electron chi connectivity index (χ3n) is 5.14. The van der Waals surface area contributed by atoms with E-state index >= 15 is 0 Å². The molecule has 7 nitrogen and oxygen atoms in total. The molecule has 0 saturated carbocycles. The molecule has 2 N–H and O–H groups in total. The maximum absolute atomic E-state index is 14.6. The van der Waals surface area contributed by atoms with Crippen LogP contribution in [0.15, 0.2) is 48.5 Å². The van der Waals surface area contributed by atoms with Gasteiger partial charge in [0, 0.05) is 30.2 Å². The highest BCUT2D eigenvalue weighted by atomic mass is 35.5. The lowest BCUT2D eigenvalue weighted by molar-refractivity contribution is -0.120. The summed E-state index contributed by atoms with van der Waals surface area (Å²) in [5, 5.41) is 5.48.